The van der Waals surface area contributed by atoms with E-state index in [9.17, 15) is 9.59 Å². The minimum absolute atomic E-state index is 0.171. The van der Waals surface area contributed by atoms with Crippen molar-refractivity contribution in [1.82, 2.24) is 10.3 Å². The van der Waals surface area contributed by atoms with Crippen molar-refractivity contribution in [3.05, 3.63) is 29.6 Å². The average molecular weight is 236 g/mol. The zero-order valence-electron chi connectivity index (χ0n) is 10.1. The molecule has 1 atom stereocenters. The van der Waals surface area contributed by atoms with Gasteiger partial charge in [-0.15, -0.1) is 0 Å². The topological polar surface area (TPSA) is 79.3 Å². The van der Waals surface area contributed by atoms with Crippen LogP contribution >= 0.6 is 0 Å². The van der Waals surface area contributed by atoms with Gasteiger partial charge < -0.3 is 10.4 Å². The fraction of sp³-hybridized carbons (Fsp3) is 0.417. The molecule has 0 aliphatic rings. The molecule has 5 heteroatoms. The summed E-state index contributed by atoms with van der Waals surface area (Å²) in [4.78, 5) is 26.7. The molecule has 1 rings (SSSR count). The fourth-order valence-electron chi connectivity index (χ4n) is 1.34. The van der Waals surface area contributed by atoms with Crippen LogP contribution in [0.1, 0.15) is 29.9 Å². The van der Waals surface area contributed by atoms with Crippen molar-refractivity contribution >= 4 is 11.9 Å². The Morgan fingerprint density at radius 1 is 1.35 bits per heavy atom. The molecule has 0 spiro atoms. The molecule has 1 aromatic heterocycles. The third-order valence-corrected chi connectivity index (χ3v) is 2.39. The number of rotatable bonds is 4. The predicted molar refractivity (Wildman–Crippen MR) is 62.7 cm³/mol. The van der Waals surface area contributed by atoms with E-state index in [-0.39, 0.29) is 5.92 Å². The maximum atomic E-state index is 11.8. The van der Waals surface area contributed by atoms with Crippen LogP contribution < -0.4 is 5.32 Å². The van der Waals surface area contributed by atoms with E-state index >= 15 is 0 Å². The van der Waals surface area contributed by atoms with Gasteiger partial charge in [-0.25, -0.2) is 4.79 Å². The summed E-state index contributed by atoms with van der Waals surface area (Å²) in [6.45, 7) is 5.30. The van der Waals surface area contributed by atoms with Gasteiger partial charge in [0.2, 0.25) is 0 Å². The first-order chi connectivity index (χ1) is 7.91. The third-order valence-electron chi connectivity index (χ3n) is 2.39. The van der Waals surface area contributed by atoms with Crippen LogP contribution in [-0.4, -0.2) is 28.0 Å². The zero-order chi connectivity index (χ0) is 13.0. The molecule has 5 nitrogen and oxygen atoms in total. The lowest BCUT2D eigenvalue weighted by Gasteiger charge is -2.17. The van der Waals surface area contributed by atoms with Crippen molar-refractivity contribution in [1.29, 1.82) is 0 Å². The number of aliphatic carboxylic acids is 1. The Morgan fingerprint density at radius 2 is 2.00 bits per heavy atom. The minimum atomic E-state index is -1.03. The van der Waals surface area contributed by atoms with Gasteiger partial charge in [-0.2, -0.15) is 0 Å². The van der Waals surface area contributed by atoms with Gasteiger partial charge in [0.15, 0.2) is 0 Å². The Balaban J connectivity index is 2.77. The summed E-state index contributed by atoms with van der Waals surface area (Å²) in [6, 6.07) is 2.44. The van der Waals surface area contributed by atoms with E-state index in [2.05, 4.69) is 10.3 Å². The largest absolute Gasteiger partial charge is 0.480 e. The summed E-state index contributed by atoms with van der Waals surface area (Å²) in [5.74, 6) is -1.62. The van der Waals surface area contributed by atoms with Crippen molar-refractivity contribution in [2.75, 3.05) is 0 Å². The highest BCUT2D eigenvalue weighted by Gasteiger charge is 2.23. The number of amides is 1. The Labute approximate surface area is 99.9 Å². The highest BCUT2D eigenvalue weighted by atomic mass is 16.4. The molecule has 1 heterocycles. The zero-order valence-corrected chi connectivity index (χ0v) is 10.1. The molecule has 0 fully saturated rings. The van der Waals surface area contributed by atoms with Gasteiger partial charge in [0.1, 0.15) is 6.04 Å². The molecule has 17 heavy (non-hydrogen) atoms. The van der Waals surface area contributed by atoms with Crippen LogP contribution in [0, 0.1) is 12.8 Å². The van der Waals surface area contributed by atoms with E-state index < -0.39 is 17.9 Å². The molecule has 0 aliphatic carbocycles. The Hall–Kier alpha value is -1.91. The first-order valence-corrected chi connectivity index (χ1v) is 5.38. The standard InChI is InChI=1S/C12H16N2O3/c1-7(2)10(12(16)17)14-11(15)9-5-4-8(3)13-6-9/h4-7,10H,1-3H3,(H,14,15)(H,16,17)/t10-/m1/s1. The molecule has 0 unspecified atom stereocenters. The quantitative estimate of drug-likeness (QED) is 0.824. The number of nitrogens with zero attached hydrogens (tertiary/aromatic N) is 1. The Morgan fingerprint density at radius 3 is 2.41 bits per heavy atom. The molecule has 1 amide bonds. The molecule has 92 valence electrons. The first kappa shape index (κ1) is 13.2. The maximum absolute atomic E-state index is 11.8. The summed E-state index contributed by atoms with van der Waals surface area (Å²) in [6.07, 6.45) is 1.43. The lowest BCUT2D eigenvalue weighted by Crippen LogP contribution is -2.44. The highest BCUT2D eigenvalue weighted by molar-refractivity contribution is 5.96. The van der Waals surface area contributed by atoms with Gasteiger partial charge in [-0.3, -0.25) is 9.78 Å². The number of aromatic nitrogens is 1. The van der Waals surface area contributed by atoms with Crippen molar-refractivity contribution in [3.63, 3.8) is 0 Å². The van der Waals surface area contributed by atoms with Crippen LogP contribution in [0.4, 0.5) is 0 Å². The number of hydrogen-bond acceptors (Lipinski definition) is 3. The second kappa shape index (κ2) is 5.43. The Bertz CT molecular complexity index is 412. The number of carboxylic acids is 1. The SMILES string of the molecule is Cc1ccc(C(=O)N[C@@H](C(=O)O)C(C)C)cn1. The number of pyridine rings is 1. The summed E-state index contributed by atoms with van der Waals surface area (Å²) in [5, 5.41) is 11.4. The van der Waals surface area contributed by atoms with E-state index in [1.165, 1.54) is 6.20 Å². The number of carboxylic acid groups (broad SMARTS) is 1. The van der Waals surface area contributed by atoms with E-state index in [4.69, 9.17) is 5.11 Å². The van der Waals surface area contributed by atoms with Crippen molar-refractivity contribution < 1.29 is 14.7 Å². The van der Waals surface area contributed by atoms with E-state index in [0.717, 1.165) is 5.69 Å². The number of carbonyl (C=O) groups excluding carboxylic acids is 1. The third kappa shape index (κ3) is 3.55. The van der Waals surface area contributed by atoms with Crippen LogP contribution in [-0.2, 0) is 4.79 Å². The van der Waals surface area contributed by atoms with Gasteiger partial charge in [0.25, 0.3) is 5.91 Å². The lowest BCUT2D eigenvalue weighted by molar-refractivity contribution is -0.140. The highest BCUT2D eigenvalue weighted by Crippen LogP contribution is 2.05. The first-order valence-electron chi connectivity index (χ1n) is 5.38. The summed E-state index contributed by atoms with van der Waals surface area (Å²) < 4.78 is 0. The Kier molecular flexibility index (Phi) is 4.20. The summed E-state index contributed by atoms with van der Waals surface area (Å²) in [7, 11) is 0. The predicted octanol–water partition coefficient (Wildman–Crippen LogP) is 1.23. The number of hydrogen-bond donors (Lipinski definition) is 2. The number of carbonyl (C=O) groups is 2. The van der Waals surface area contributed by atoms with Gasteiger partial charge >= 0.3 is 5.97 Å². The lowest BCUT2D eigenvalue weighted by atomic mass is 10.0. The molecule has 0 saturated heterocycles. The normalized spacial score (nSPS) is 12.2. The fourth-order valence-corrected chi connectivity index (χ4v) is 1.34. The van der Waals surface area contributed by atoms with Crippen LogP contribution in [0.3, 0.4) is 0 Å². The summed E-state index contributed by atoms with van der Waals surface area (Å²) >= 11 is 0. The van der Waals surface area contributed by atoms with Crippen molar-refractivity contribution in [2.24, 2.45) is 5.92 Å². The van der Waals surface area contributed by atoms with Gasteiger partial charge in [-0.05, 0) is 25.0 Å². The number of nitrogens with one attached hydrogen (secondary N) is 1. The number of aryl methyl sites for hydroxylation is 1. The van der Waals surface area contributed by atoms with Gasteiger partial charge in [0, 0.05) is 11.9 Å². The average Bonchev–Trinajstić information content (AvgIpc) is 2.25. The van der Waals surface area contributed by atoms with Crippen LogP contribution in [0.15, 0.2) is 18.3 Å². The molecule has 0 radical (unpaired) electrons. The molecule has 1 aromatic rings. The second-order valence-corrected chi connectivity index (χ2v) is 4.22. The maximum Gasteiger partial charge on any atom is 0.326 e. The minimum Gasteiger partial charge on any atom is -0.480 e. The molecule has 2 N–H and O–H groups in total. The molecule has 0 saturated carbocycles. The molecular weight excluding hydrogens is 220 g/mol. The van der Waals surface area contributed by atoms with E-state index in [0.29, 0.717) is 5.56 Å². The van der Waals surface area contributed by atoms with E-state index in [1.54, 1.807) is 26.0 Å². The van der Waals surface area contributed by atoms with Crippen LogP contribution in [0.25, 0.3) is 0 Å². The summed E-state index contributed by atoms with van der Waals surface area (Å²) in [5.41, 5.74) is 1.17. The molecule has 0 bridgehead atoms. The molecule has 0 aliphatic heterocycles. The molecular formula is C12H16N2O3. The van der Waals surface area contributed by atoms with Gasteiger partial charge in [-0.1, -0.05) is 13.8 Å². The smallest absolute Gasteiger partial charge is 0.326 e. The van der Waals surface area contributed by atoms with Crippen molar-refractivity contribution in [2.45, 2.75) is 26.8 Å². The second-order valence-electron chi connectivity index (χ2n) is 4.22. The van der Waals surface area contributed by atoms with E-state index in [1.807, 2.05) is 6.92 Å². The van der Waals surface area contributed by atoms with Crippen molar-refractivity contribution in [3.8, 4) is 0 Å². The molecule has 0 aromatic carbocycles. The van der Waals surface area contributed by atoms with Crippen LogP contribution in [0.2, 0.25) is 0 Å². The monoisotopic (exact) mass is 236 g/mol. The van der Waals surface area contributed by atoms with Gasteiger partial charge in [0.05, 0.1) is 5.56 Å². The van der Waals surface area contributed by atoms with Crippen LogP contribution in [0.5, 0.6) is 0 Å².